The third-order valence-corrected chi connectivity index (χ3v) is 1.72. The van der Waals surface area contributed by atoms with Crippen molar-refractivity contribution in [3.8, 4) is 18.1 Å². The van der Waals surface area contributed by atoms with Crippen molar-refractivity contribution in [3.63, 3.8) is 0 Å². The molecule has 0 radical (unpaired) electrons. The van der Waals surface area contributed by atoms with E-state index in [1.807, 2.05) is 0 Å². The van der Waals surface area contributed by atoms with E-state index in [0.29, 0.717) is 11.3 Å². The molecule has 0 amide bonds. The SMILES string of the molecule is C#Cc1cccc(C)c1OCC(F)F. The second-order valence-electron chi connectivity index (χ2n) is 2.80. The molecule has 14 heavy (non-hydrogen) atoms. The molecule has 0 heterocycles. The van der Waals surface area contributed by atoms with Crippen LogP contribution in [0.2, 0.25) is 0 Å². The summed E-state index contributed by atoms with van der Waals surface area (Å²) in [6.45, 7) is 1.14. The summed E-state index contributed by atoms with van der Waals surface area (Å²) in [6.07, 6.45) is 2.72. The van der Waals surface area contributed by atoms with Gasteiger partial charge in [0, 0.05) is 0 Å². The number of ether oxygens (including phenoxy) is 1. The molecule has 0 aliphatic rings. The van der Waals surface area contributed by atoms with Gasteiger partial charge < -0.3 is 4.74 Å². The highest BCUT2D eigenvalue weighted by molar-refractivity contribution is 5.49. The van der Waals surface area contributed by atoms with Crippen LogP contribution >= 0.6 is 0 Å². The van der Waals surface area contributed by atoms with Crippen molar-refractivity contribution >= 4 is 0 Å². The summed E-state index contributed by atoms with van der Waals surface area (Å²) in [4.78, 5) is 0. The van der Waals surface area contributed by atoms with Crippen molar-refractivity contribution in [2.24, 2.45) is 0 Å². The van der Waals surface area contributed by atoms with Gasteiger partial charge in [-0.25, -0.2) is 8.78 Å². The van der Waals surface area contributed by atoms with Gasteiger partial charge in [0.1, 0.15) is 12.4 Å². The first kappa shape index (κ1) is 10.5. The Hall–Kier alpha value is -1.56. The number of rotatable bonds is 3. The monoisotopic (exact) mass is 196 g/mol. The normalized spacial score (nSPS) is 9.93. The van der Waals surface area contributed by atoms with Gasteiger partial charge in [0.25, 0.3) is 6.43 Å². The molecule has 0 spiro atoms. The third-order valence-electron chi connectivity index (χ3n) is 1.72. The number of halogens is 2. The van der Waals surface area contributed by atoms with Crippen LogP contribution in [0.3, 0.4) is 0 Å². The second kappa shape index (κ2) is 4.61. The van der Waals surface area contributed by atoms with Crippen molar-refractivity contribution in [1.82, 2.24) is 0 Å². The largest absolute Gasteiger partial charge is 0.486 e. The van der Waals surface area contributed by atoms with E-state index >= 15 is 0 Å². The lowest BCUT2D eigenvalue weighted by Gasteiger charge is -2.10. The topological polar surface area (TPSA) is 9.23 Å². The van der Waals surface area contributed by atoms with Crippen LogP contribution < -0.4 is 4.74 Å². The van der Waals surface area contributed by atoms with E-state index in [1.165, 1.54) is 0 Å². The molecule has 0 aromatic heterocycles. The van der Waals surface area contributed by atoms with Gasteiger partial charge in [-0.15, -0.1) is 6.42 Å². The highest BCUT2D eigenvalue weighted by Gasteiger charge is 2.08. The van der Waals surface area contributed by atoms with Crippen LogP contribution in [0.1, 0.15) is 11.1 Å². The summed E-state index contributed by atoms with van der Waals surface area (Å²) < 4.78 is 28.8. The Kier molecular flexibility index (Phi) is 3.47. The van der Waals surface area contributed by atoms with Crippen LogP contribution in [0, 0.1) is 19.3 Å². The molecule has 0 bridgehead atoms. The fraction of sp³-hybridized carbons (Fsp3) is 0.273. The highest BCUT2D eigenvalue weighted by Crippen LogP contribution is 2.22. The average Bonchev–Trinajstić information content (AvgIpc) is 2.15. The number of para-hydroxylation sites is 1. The Balaban J connectivity index is 2.89. The summed E-state index contributed by atoms with van der Waals surface area (Å²) in [5.41, 5.74) is 1.27. The minimum absolute atomic E-state index is 0.371. The summed E-state index contributed by atoms with van der Waals surface area (Å²) in [5, 5.41) is 0. The quantitative estimate of drug-likeness (QED) is 0.675. The molecule has 1 aromatic rings. The maximum Gasteiger partial charge on any atom is 0.272 e. The van der Waals surface area contributed by atoms with Gasteiger partial charge in [-0.2, -0.15) is 0 Å². The van der Waals surface area contributed by atoms with Crippen LogP contribution in [0.25, 0.3) is 0 Å². The average molecular weight is 196 g/mol. The molecule has 0 N–H and O–H groups in total. The summed E-state index contributed by atoms with van der Waals surface area (Å²) in [7, 11) is 0. The first-order valence-electron chi connectivity index (χ1n) is 4.12. The number of terminal acetylenes is 1. The van der Waals surface area contributed by atoms with Gasteiger partial charge >= 0.3 is 0 Å². The number of hydrogen-bond donors (Lipinski definition) is 0. The Bertz CT molecular complexity index is 353. The van der Waals surface area contributed by atoms with Crippen molar-refractivity contribution in [2.75, 3.05) is 6.61 Å². The van der Waals surface area contributed by atoms with Crippen LogP contribution in [0.5, 0.6) is 5.75 Å². The van der Waals surface area contributed by atoms with Crippen LogP contribution in [0.4, 0.5) is 8.78 Å². The lowest BCUT2D eigenvalue weighted by atomic mass is 10.1. The first-order chi connectivity index (χ1) is 6.65. The summed E-state index contributed by atoms with van der Waals surface area (Å²) in [6, 6.07) is 5.19. The second-order valence-corrected chi connectivity index (χ2v) is 2.80. The maximum atomic E-state index is 11.9. The van der Waals surface area contributed by atoms with Gasteiger partial charge in [-0.3, -0.25) is 0 Å². The van der Waals surface area contributed by atoms with Crippen molar-refractivity contribution in [3.05, 3.63) is 29.3 Å². The zero-order chi connectivity index (χ0) is 10.6. The van der Waals surface area contributed by atoms with E-state index in [0.717, 1.165) is 5.56 Å². The van der Waals surface area contributed by atoms with Crippen molar-refractivity contribution in [2.45, 2.75) is 13.3 Å². The molecule has 0 saturated carbocycles. The molecule has 0 atom stereocenters. The molecule has 1 nitrogen and oxygen atoms in total. The Labute approximate surface area is 81.7 Å². The van der Waals surface area contributed by atoms with Gasteiger partial charge in [-0.05, 0) is 18.6 Å². The maximum absolute atomic E-state index is 11.9. The van der Waals surface area contributed by atoms with Crippen LogP contribution in [-0.2, 0) is 0 Å². The standard InChI is InChI=1S/C11H10F2O/c1-3-9-6-4-5-8(2)11(9)14-7-10(12)13/h1,4-6,10H,7H2,2H3. The van der Waals surface area contributed by atoms with E-state index < -0.39 is 13.0 Å². The van der Waals surface area contributed by atoms with Crippen molar-refractivity contribution in [1.29, 1.82) is 0 Å². The predicted octanol–water partition coefficient (Wildman–Crippen LogP) is 2.62. The molecule has 0 aliphatic heterocycles. The van der Waals surface area contributed by atoms with Crippen molar-refractivity contribution < 1.29 is 13.5 Å². The van der Waals surface area contributed by atoms with E-state index in [9.17, 15) is 8.78 Å². The van der Waals surface area contributed by atoms with E-state index in [-0.39, 0.29) is 0 Å². The molecular weight excluding hydrogens is 186 g/mol. The first-order valence-corrected chi connectivity index (χ1v) is 4.12. The lowest BCUT2D eigenvalue weighted by molar-refractivity contribution is 0.0814. The lowest BCUT2D eigenvalue weighted by Crippen LogP contribution is -2.08. The van der Waals surface area contributed by atoms with E-state index in [1.54, 1.807) is 25.1 Å². The third kappa shape index (κ3) is 2.46. The Morgan fingerprint density at radius 1 is 1.50 bits per heavy atom. The zero-order valence-corrected chi connectivity index (χ0v) is 7.76. The van der Waals surface area contributed by atoms with Gasteiger partial charge in [0.15, 0.2) is 0 Å². The molecule has 0 aliphatic carbocycles. The molecule has 0 fully saturated rings. The Morgan fingerprint density at radius 3 is 2.79 bits per heavy atom. The minimum Gasteiger partial charge on any atom is -0.486 e. The predicted molar refractivity (Wildman–Crippen MR) is 50.6 cm³/mol. The van der Waals surface area contributed by atoms with E-state index in [2.05, 4.69) is 5.92 Å². The number of hydrogen-bond acceptors (Lipinski definition) is 1. The van der Waals surface area contributed by atoms with Crippen LogP contribution in [-0.4, -0.2) is 13.0 Å². The minimum atomic E-state index is -2.49. The van der Waals surface area contributed by atoms with Gasteiger partial charge in [-0.1, -0.05) is 18.1 Å². The molecule has 0 saturated heterocycles. The number of aryl methyl sites for hydroxylation is 1. The fourth-order valence-corrected chi connectivity index (χ4v) is 1.10. The molecule has 3 heteroatoms. The van der Waals surface area contributed by atoms with Crippen LogP contribution in [0.15, 0.2) is 18.2 Å². The fourth-order valence-electron chi connectivity index (χ4n) is 1.10. The Morgan fingerprint density at radius 2 is 2.21 bits per heavy atom. The van der Waals surface area contributed by atoms with E-state index in [4.69, 9.17) is 11.2 Å². The summed E-state index contributed by atoms with van der Waals surface area (Å²) >= 11 is 0. The molecular formula is C11H10F2O. The highest BCUT2D eigenvalue weighted by atomic mass is 19.3. The number of benzene rings is 1. The molecule has 1 aromatic carbocycles. The zero-order valence-electron chi connectivity index (χ0n) is 7.76. The van der Waals surface area contributed by atoms with Gasteiger partial charge in [0.2, 0.25) is 0 Å². The van der Waals surface area contributed by atoms with Gasteiger partial charge in [0.05, 0.1) is 5.56 Å². The molecule has 1 rings (SSSR count). The smallest absolute Gasteiger partial charge is 0.272 e. The summed E-state index contributed by atoms with van der Waals surface area (Å²) in [5.74, 6) is 2.76. The molecule has 0 unspecified atom stereocenters. The molecule has 74 valence electrons. The number of alkyl halides is 2.